The van der Waals surface area contributed by atoms with Crippen molar-refractivity contribution in [1.29, 1.82) is 0 Å². The highest BCUT2D eigenvalue weighted by Gasteiger charge is 2.21. The summed E-state index contributed by atoms with van der Waals surface area (Å²) in [5.74, 6) is 0.0458. The zero-order chi connectivity index (χ0) is 13.8. The summed E-state index contributed by atoms with van der Waals surface area (Å²) in [5.41, 5.74) is 1.71. The van der Waals surface area contributed by atoms with Gasteiger partial charge < -0.3 is 14.6 Å². The summed E-state index contributed by atoms with van der Waals surface area (Å²) in [4.78, 5) is 17.6. The van der Waals surface area contributed by atoms with Gasteiger partial charge in [0.2, 0.25) is 0 Å². The number of para-hydroxylation sites is 1. The van der Waals surface area contributed by atoms with Crippen LogP contribution >= 0.6 is 0 Å². The highest BCUT2D eigenvalue weighted by molar-refractivity contribution is 6.06. The number of amides is 1. The number of ether oxygens (including phenoxy) is 1. The summed E-state index contributed by atoms with van der Waals surface area (Å²) in [7, 11) is 1.65. The first-order chi connectivity index (χ1) is 9.15. The van der Waals surface area contributed by atoms with Gasteiger partial charge in [0.15, 0.2) is 0 Å². The van der Waals surface area contributed by atoms with E-state index in [9.17, 15) is 4.79 Å². The molecule has 102 valence electrons. The van der Waals surface area contributed by atoms with Gasteiger partial charge in [-0.3, -0.25) is 4.79 Å². The van der Waals surface area contributed by atoms with Crippen molar-refractivity contribution in [3.63, 3.8) is 0 Å². The summed E-state index contributed by atoms with van der Waals surface area (Å²) >= 11 is 0. The van der Waals surface area contributed by atoms with Gasteiger partial charge in [0, 0.05) is 36.8 Å². The lowest BCUT2D eigenvalue weighted by Gasteiger charge is -2.26. The average molecular weight is 260 g/mol. The number of hydrogen-bond donors (Lipinski definition) is 1. The molecule has 0 fully saturated rings. The minimum Gasteiger partial charge on any atom is -0.383 e. The van der Waals surface area contributed by atoms with Crippen molar-refractivity contribution in [2.24, 2.45) is 0 Å². The third kappa shape index (κ3) is 2.79. The molecule has 0 radical (unpaired) electrons. The van der Waals surface area contributed by atoms with E-state index in [1.165, 1.54) is 0 Å². The largest absolute Gasteiger partial charge is 0.383 e. The van der Waals surface area contributed by atoms with Crippen molar-refractivity contribution in [1.82, 2.24) is 9.88 Å². The Morgan fingerprint density at radius 1 is 1.37 bits per heavy atom. The number of aromatic amines is 1. The zero-order valence-electron chi connectivity index (χ0n) is 11.6. The van der Waals surface area contributed by atoms with Gasteiger partial charge in [-0.15, -0.1) is 0 Å². The molecule has 4 heteroatoms. The lowest BCUT2D eigenvalue weighted by Crippen LogP contribution is -2.39. The molecule has 0 bridgehead atoms. The van der Waals surface area contributed by atoms with Crippen LogP contribution < -0.4 is 0 Å². The second-order valence-electron chi connectivity index (χ2n) is 4.83. The molecular weight excluding hydrogens is 240 g/mol. The molecule has 0 aliphatic carbocycles. The monoisotopic (exact) mass is 260 g/mol. The fourth-order valence-electron chi connectivity index (χ4n) is 2.19. The Kier molecular flexibility index (Phi) is 4.22. The molecule has 0 saturated heterocycles. The van der Waals surface area contributed by atoms with Gasteiger partial charge in [-0.2, -0.15) is 0 Å². The average Bonchev–Trinajstić information content (AvgIpc) is 2.82. The first kappa shape index (κ1) is 13.6. The summed E-state index contributed by atoms with van der Waals surface area (Å²) in [6, 6.07) is 7.99. The normalized spacial score (nSPS) is 11.2. The lowest BCUT2D eigenvalue weighted by atomic mass is 10.1. The highest BCUT2D eigenvalue weighted by Crippen LogP contribution is 2.20. The van der Waals surface area contributed by atoms with E-state index < -0.39 is 0 Å². The van der Waals surface area contributed by atoms with Gasteiger partial charge in [-0.05, 0) is 19.9 Å². The Hall–Kier alpha value is -1.81. The van der Waals surface area contributed by atoms with Gasteiger partial charge >= 0.3 is 0 Å². The first-order valence-corrected chi connectivity index (χ1v) is 6.51. The Morgan fingerprint density at radius 3 is 2.79 bits per heavy atom. The summed E-state index contributed by atoms with van der Waals surface area (Å²) < 4.78 is 5.08. The van der Waals surface area contributed by atoms with E-state index in [4.69, 9.17) is 4.74 Å². The first-order valence-electron chi connectivity index (χ1n) is 6.51. The number of carbonyl (C=O) groups excluding carboxylic acids is 1. The van der Waals surface area contributed by atoms with Gasteiger partial charge in [0.25, 0.3) is 5.91 Å². The molecule has 1 amide bonds. The third-order valence-corrected chi connectivity index (χ3v) is 3.24. The zero-order valence-corrected chi connectivity index (χ0v) is 11.6. The fraction of sp³-hybridized carbons (Fsp3) is 0.400. The third-order valence-electron chi connectivity index (χ3n) is 3.24. The van der Waals surface area contributed by atoms with Crippen molar-refractivity contribution < 1.29 is 9.53 Å². The fourth-order valence-corrected chi connectivity index (χ4v) is 2.19. The highest BCUT2D eigenvalue weighted by atomic mass is 16.5. The molecule has 1 aromatic heterocycles. The molecule has 0 atom stereocenters. The number of fused-ring (bicyclic) bond motifs is 1. The van der Waals surface area contributed by atoms with Crippen molar-refractivity contribution >= 4 is 16.8 Å². The maximum Gasteiger partial charge on any atom is 0.256 e. The maximum atomic E-state index is 12.6. The quantitative estimate of drug-likeness (QED) is 0.898. The van der Waals surface area contributed by atoms with Crippen molar-refractivity contribution in [3.05, 3.63) is 36.0 Å². The van der Waals surface area contributed by atoms with Crippen LogP contribution in [0.3, 0.4) is 0 Å². The molecule has 1 aromatic carbocycles. The van der Waals surface area contributed by atoms with Crippen molar-refractivity contribution in [2.45, 2.75) is 19.9 Å². The molecule has 0 saturated carbocycles. The van der Waals surface area contributed by atoms with Crippen LogP contribution in [0.25, 0.3) is 10.9 Å². The molecule has 2 rings (SSSR count). The maximum absolute atomic E-state index is 12.6. The standard InChI is InChI=1S/C15H20N2O2/c1-11(2)17(8-9-19-3)15(18)13-10-16-14-7-5-4-6-12(13)14/h4-7,10-11,16H,8-9H2,1-3H3. The van der Waals surface area contributed by atoms with Crippen LogP contribution in [0.5, 0.6) is 0 Å². The molecule has 19 heavy (non-hydrogen) atoms. The number of rotatable bonds is 5. The van der Waals surface area contributed by atoms with Gasteiger partial charge in [-0.25, -0.2) is 0 Å². The molecule has 0 aliphatic rings. The van der Waals surface area contributed by atoms with E-state index in [2.05, 4.69) is 4.98 Å². The second kappa shape index (κ2) is 5.89. The number of carbonyl (C=O) groups is 1. The number of methoxy groups -OCH3 is 1. The molecule has 4 nitrogen and oxygen atoms in total. The number of nitrogens with one attached hydrogen (secondary N) is 1. The van der Waals surface area contributed by atoms with Crippen LogP contribution in [0.15, 0.2) is 30.5 Å². The van der Waals surface area contributed by atoms with E-state index in [-0.39, 0.29) is 11.9 Å². The molecule has 0 aliphatic heterocycles. The van der Waals surface area contributed by atoms with Crippen LogP contribution in [0.1, 0.15) is 24.2 Å². The smallest absolute Gasteiger partial charge is 0.256 e. The SMILES string of the molecule is COCCN(C(=O)c1c[nH]c2ccccc12)C(C)C. The predicted octanol–water partition coefficient (Wildman–Crippen LogP) is 2.66. The molecule has 1 heterocycles. The van der Waals surface area contributed by atoms with Crippen molar-refractivity contribution in [3.8, 4) is 0 Å². The molecular formula is C15H20N2O2. The molecule has 1 N–H and O–H groups in total. The van der Waals surface area contributed by atoms with E-state index in [0.717, 1.165) is 16.5 Å². The molecule has 0 spiro atoms. The van der Waals surface area contributed by atoms with Crippen molar-refractivity contribution in [2.75, 3.05) is 20.3 Å². The number of hydrogen-bond acceptors (Lipinski definition) is 2. The van der Waals surface area contributed by atoms with E-state index in [1.807, 2.05) is 43.0 Å². The molecule has 0 unspecified atom stereocenters. The van der Waals surface area contributed by atoms with E-state index >= 15 is 0 Å². The predicted molar refractivity (Wildman–Crippen MR) is 76.3 cm³/mol. The van der Waals surface area contributed by atoms with E-state index in [0.29, 0.717) is 13.2 Å². The summed E-state index contributed by atoms with van der Waals surface area (Å²) in [6.45, 7) is 5.18. The lowest BCUT2D eigenvalue weighted by molar-refractivity contribution is 0.0637. The Bertz CT molecular complexity index is 560. The minimum atomic E-state index is 0.0458. The number of benzene rings is 1. The summed E-state index contributed by atoms with van der Waals surface area (Å²) in [5, 5.41) is 0.968. The van der Waals surface area contributed by atoms with Crippen LogP contribution in [0.4, 0.5) is 0 Å². The molecule has 2 aromatic rings. The Morgan fingerprint density at radius 2 is 2.11 bits per heavy atom. The van der Waals surface area contributed by atoms with Gasteiger partial charge in [0.05, 0.1) is 12.2 Å². The van der Waals surface area contributed by atoms with E-state index in [1.54, 1.807) is 13.3 Å². The van der Waals surface area contributed by atoms with Crippen LogP contribution in [-0.2, 0) is 4.74 Å². The number of H-pyrrole nitrogens is 1. The van der Waals surface area contributed by atoms with Gasteiger partial charge in [0.1, 0.15) is 0 Å². The number of nitrogens with zero attached hydrogens (tertiary/aromatic N) is 1. The Labute approximate surface area is 113 Å². The number of aromatic nitrogens is 1. The van der Waals surface area contributed by atoms with Gasteiger partial charge in [-0.1, -0.05) is 18.2 Å². The summed E-state index contributed by atoms with van der Waals surface area (Å²) in [6.07, 6.45) is 1.79. The van der Waals surface area contributed by atoms with Crippen LogP contribution in [0, 0.1) is 0 Å². The minimum absolute atomic E-state index is 0.0458. The second-order valence-corrected chi connectivity index (χ2v) is 4.83. The topological polar surface area (TPSA) is 45.3 Å². The van der Waals surface area contributed by atoms with Crippen LogP contribution in [0.2, 0.25) is 0 Å². The van der Waals surface area contributed by atoms with Crippen LogP contribution in [-0.4, -0.2) is 42.1 Å². The Balaban J connectivity index is 2.30.